The quantitative estimate of drug-likeness (QED) is 0.484. The molecule has 1 aromatic rings. The minimum absolute atomic E-state index is 0.247. The second-order valence-corrected chi connectivity index (χ2v) is 2.45. The van der Waals surface area contributed by atoms with E-state index in [-0.39, 0.29) is 5.82 Å². The van der Waals surface area contributed by atoms with Crippen LogP contribution in [0.4, 0.5) is 4.39 Å². The van der Waals surface area contributed by atoms with Crippen LogP contribution in [0, 0.1) is 12.7 Å². The van der Waals surface area contributed by atoms with Crippen molar-refractivity contribution in [2.45, 2.75) is 6.92 Å². The van der Waals surface area contributed by atoms with Crippen molar-refractivity contribution in [1.82, 2.24) is 0 Å². The zero-order valence-corrected chi connectivity index (χ0v) is 6.75. The smallest absolute Gasteiger partial charge is 0.142 e. The van der Waals surface area contributed by atoms with Crippen molar-refractivity contribution in [1.29, 1.82) is 0 Å². The molecule has 0 radical (unpaired) electrons. The van der Waals surface area contributed by atoms with Gasteiger partial charge in [-0.1, -0.05) is 18.2 Å². The molecule has 0 unspecified atom stereocenters. The van der Waals surface area contributed by atoms with Gasteiger partial charge < -0.3 is 0 Å². The highest BCUT2D eigenvalue weighted by molar-refractivity contribution is 5.74. The number of halogens is 1. The normalized spacial score (nSPS) is 10.5. The Kier molecular flexibility index (Phi) is 2.75. The maximum Gasteiger partial charge on any atom is 0.142 e. The Balaban J connectivity index is 3.07. The molecule has 0 atom stereocenters. The van der Waals surface area contributed by atoms with Crippen LogP contribution in [0.1, 0.15) is 11.1 Å². The van der Waals surface area contributed by atoms with Gasteiger partial charge in [0.1, 0.15) is 12.1 Å². The Hall–Kier alpha value is -1.44. The van der Waals surface area contributed by atoms with Crippen LogP contribution in [0.5, 0.6) is 0 Å². The predicted molar refractivity (Wildman–Crippen MR) is 46.2 cm³/mol. The third-order valence-corrected chi connectivity index (χ3v) is 1.66. The number of carbonyl (C=O) groups is 1. The Morgan fingerprint density at radius 2 is 2.17 bits per heavy atom. The summed E-state index contributed by atoms with van der Waals surface area (Å²) < 4.78 is 12.9. The van der Waals surface area contributed by atoms with Gasteiger partial charge in [0.15, 0.2) is 0 Å². The first kappa shape index (κ1) is 8.65. The van der Waals surface area contributed by atoms with E-state index in [4.69, 9.17) is 0 Å². The molecule has 1 aromatic carbocycles. The third-order valence-electron chi connectivity index (χ3n) is 1.66. The van der Waals surface area contributed by atoms with E-state index in [1.54, 1.807) is 25.1 Å². The van der Waals surface area contributed by atoms with Crippen molar-refractivity contribution in [3.8, 4) is 0 Å². The van der Waals surface area contributed by atoms with Crippen molar-refractivity contribution in [2.24, 2.45) is 0 Å². The fourth-order valence-corrected chi connectivity index (χ4v) is 0.948. The summed E-state index contributed by atoms with van der Waals surface area (Å²) in [5, 5.41) is 0. The molecule has 0 N–H and O–H groups in total. The summed E-state index contributed by atoms with van der Waals surface area (Å²) >= 11 is 0. The number of benzene rings is 1. The molecule has 0 spiro atoms. The summed E-state index contributed by atoms with van der Waals surface area (Å²) in [4.78, 5) is 9.99. The number of aldehydes is 1. The first-order valence-corrected chi connectivity index (χ1v) is 3.62. The lowest BCUT2D eigenvalue weighted by atomic mass is 10.1. The SMILES string of the molecule is Cc1c(F)cccc1/C=C/C=O. The van der Waals surface area contributed by atoms with E-state index < -0.39 is 0 Å². The van der Waals surface area contributed by atoms with E-state index in [0.29, 0.717) is 11.8 Å². The fourth-order valence-electron chi connectivity index (χ4n) is 0.948. The zero-order valence-electron chi connectivity index (χ0n) is 6.75. The van der Waals surface area contributed by atoms with Gasteiger partial charge in [-0.15, -0.1) is 0 Å². The Labute approximate surface area is 70.5 Å². The molecule has 0 saturated carbocycles. The predicted octanol–water partition coefficient (Wildman–Crippen LogP) is 2.35. The topological polar surface area (TPSA) is 17.1 Å². The van der Waals surface area contributed by atoms with Crippen LogP contribution in [0.25, 0.3) is 6.08 Å². The van der Waals surface area contributed by atoms with Crippen molar-refractivity contribution in [3.05, 3.63) is 41.2 Å². The molecule has 62 valence electrons. The van der Waals surface area contributed by atoms with Gasteiger partial charge in [-0.25, -0.2) is 4.39 Å². The molecule has 0 amide bonds. The molecule has 1 nitrogen and oxygen atoms in total. The zero-order chi connectivity index (χ0) is 8.97. The maximum atomic E-state index is 12.9. The lowest BCUT2D eigenvalue weighted by Gasteiger charge is -1.99. The van der Waals surface area contributed by atoms with Gasteiger partial charge in [0.2, 0.25) is 0 Å². The van der Waals surface area contributed by atoms with Gasteiger partial charge in [-0.2, -0.15) is 0 Å². The summed E-state index contributed by atoms with van der Waals surface area (Å²) in [7, 11) is 0. The summed E-state index contributed by atoms with van der Waals surface area (Å²) in [6.45, 7) is 1.68. The maximum absolute atomic E-state index is 12.9. The van der Waals surface area contributed by atoms with Crippen molar-refractivity contribution in [2.75, 3.05) is 0 Å². The molecule has 0 aliphatic heterocycles. The first-order chi connectivity index (χ1) is 5.75. The Bertz CT molecular complexity index is 316. The molecule has 12 heavy (non-hydrogen) atoms. The number of hydrogen-bond donors (Lipinski definition) is 0. The second-order valence-electron chi connectivity index (χ2n) is 2.45. The average molecular weight is 164 g/mol. The van der Waals surface area contributed by atoms with Gasteiger partial charge in [-0.05, 0) is 30.2 Å². The molecule has 1 rings (SSSR count). The highest BCUT2D eigenvalue weighted by Crippen LogP contribution is 2.12. The molecule has 0 aromatic heterocycles. The van der Waals surface area contributed by atoms with Gasteiger partial charge in [0.05, 0.1) is 0 Å². The van der Waals surface area contributed by atoms with Crippen LogP contribution in [0.3, 0.4) is 0 Å². The van der Waals surface area contributed by atoms with Crippen LogP contribution in [0.2, 0.25) is 0 Å². The Morgan fingerprint density at radius 3 is 2.83 bits per heavy atom. The summed E-state index contributed by atoms with van der Waals surface area (Å²) in [5.74, 6) is -0.247. The van der Waals surface area contributed by atoms with E-state index in [0.717, 1.165) is 5.56 Å². The molecular formula is C10H9FO. The first-order valence-electron chi connectivity index (χ1n) is 3.62. The highest BCUT2D eigenvalue weighted by Gasteiger charge is 1.98. The van der Waals surface area contributed by atoms with Crippen LogP contribution in [0.15, 0.2) is 24.3 Å². The van der Waals surface area contributed by atoms with E-state index in [9.17, 15) is 9.18 Å². The number of hydrogen-bond acceptors (Lipinski definition) is 1. The van der Waals surface area contributed by atoms with E-state index in [1.165, 1.54) is 12.1 Å². The standard InChI is InChI=1S/C10H9FO/c1-8-9(5-3-7-12)4-2-6-10(8)11/h2-7H,1H3/b5-3+. The molecule has 0 aliphatic carbocycles. The highest BCUT2D eigenvalue weighted by atomic mass is 19.1. The number of carbonyl (C=O) groups excluding carboxylic acids is 1. The molecule has 0 aliphatic rings. The number of allylic oxidation sites excluding steroid dienone is 1. The van der Waals surface area contributed by atoms with Crippen LogP contribution in [-0.4, -0.2) is 6.29 Å². The minimum Gasteiger partial charge on any atom is -0.299 e. The number of rotatable bonds is 2. The minimum atomic E-state index is -0.247. The largest absolute Gasteiger partial charge is 0.299 e. The van der Waals surface area contributed by atoms with E-state index in [2.05, 4.69) is 0 Å². The van der Waals surface area contributed by atoms with Gasteiger partial charge in [0, 0.05) is 0 Å². The lowest BCUT2D eigenvalue weighted by molar-refractivity contribution is -0.104. The van der Waals surface area contributed by atoms with Crippen molar-refractivity contribution >= 4 is 12.4 Å². The van der Waals surface area contributed by atoms with Crippen molar-refractivity contribution in [3.63, 3.8) is 0 Å². The van der Waals surface area contributed by atoms with Crippen LogP contribution in [-0.2, 0) is 4.79 Å². The van der Waals surface area contributed by atoms with Gasteiger partial charge in [0.25, 0.3) is 0 Å². The summed E-state index contributed by atoms with van der Waals surface area (Å²) in [6, 6.07) is 4.78. The lowest BCUT2D eigenvalue weighted by Crippen LogP contribution is -1.85. The molecule has 0 saturated heterocycles. The molecule has 0 fully saturated rings. The van der Waals surface area contributed by atoms with Crippen molar-refractivity contribution < 1.29 is 9.18 Å². The molecule has 2 heteroatoms. The summed E-state index contributed by atoms with van der Waals surface area (Å²) in [6.07, 6.45) is 3.61. The van der Waals surface area contributed by atoms with E-state index in [1.807, 2.05) is 0 Å². The molecule has 0 heterocycles. The second kappa shape index (κ2) is 3.81. The van der Waals surface area contributed by atoms with Gasteiger partial charge >= 0.3 is 0 Å². The monoisotopic (exact) mass is 164 g/mol. The fraction of sp³-hybridized carbons (Fsp3) is 0.100. The summed E-state index contributed by atoms with van der Waals surface area (Å²) in [5.41, 5.74) is 1.30. The van der Waals surface area contributed by atoms with E-state index >= 15 is 0 Å². The molecular weight excluding hydrogens is 155 g/mol. The van der Waals surface area contributed by atoms with Crippen LogP contribution < -0.4 is 0 Å². The third kappa shape index (κ3) is 1.78. The Morgan fingerprint density at radius 1 is 1.42 bits per heavy atom. The van der Waals surface area contributed by atoms with Gasteiger partial charge in [-0.3, -0.25) is 4.79 Å². The van der Waals surface area contributed by atoms with Crippen LogP contribution >= 0.6 is 0 Å². The average Bonchev–Trinajstić information content (AvgIpc) is 2.08. The molecule has 0 bridgehead atoms.